The van der Waals surface area contributed by atoms with Crippen LogP contribution in [0.2, 0.25) is 5.02 Å². The number of amides is 1. The Morgan fingerprint density at radius 1 is 1.20 bits per heavy atom. The number of rotatable bonds is 8. The first-order valence-corrected chi connectivity index (χ1v) is 11.5. The van der Waals surface area contributed by atoms with Crippen LogP contribution < -0.4 is 5.32 Å². The molecular formula is C23H25ClN4OS. The van der Waals surface area contributed by atoms with Gasteiger partial charge < -0.3 is 10.2 Å². The van der Waals surface area contributed by atoms with Crippen molar-refractivity contribution in [3.63, 3.8) is 0 Å². The third kappa shape index (κ3) is 4.36. The van der Waals surface area contributed by atoms with Gasteiger partial charge in [-0.2, -0.15) is 0 Å². The SMILES string of the molecule is CCN(CC)CCCNC(=O)c1ccc2c(c1)sc1nc(-c3cccc(Cl)c3)cn12. The summed E-state index contributed by atoms with van der Waals surface area (Å²) in [6.45, 7) is 8.09. The normalized spacial score (nSPS) is 11.6. The van der Waals surface area contributed by atoms with E-state index in [2.05, 4.69) is 28.5 Å². The van der Waals surface area contributed by atoms with Crippen LogP contribution in [-0.2, 0) is 0 Å². The Morgan fingerprint density at radius 2 is 2.03 bits per heavy atom. The van der Waals surface area contributed by atoms with Gasteiger partial charge in [-0.3, -0.25) is 9.20 Å². The van der Waals surface area contributed by atoms with Crippen molar-refractivity contribution in [2.45, 2.75) is 20.3 Å². The number of imidazole rings is 1. The molecule has 2 aromatic heterocycles. The molecule has 0 saturated carbocycles. The Labute approximate surface area is 185 Å². The summed E-state index contributed by atoms with van der Waals surface area (Å²) >= 11 is 7.70. The second-order valence-electron chi connectivity index (χ2n) is 7.21. The topological polar surface area (TPSA) is 49.6 Å². The minimum atomic E-state index is -0.0258. The molecule has 7 heteroatoms. The van der Waals surface area contributed by atoms with Crippen LogP contribution in [0.4, 0.5) is 0 Å². The van der Waals surface area contributed by atoms with Gasteiger partial charge in [0.25, 0.3) is 5.91 Å². The number of carbonyl (C=O) groups is 1. The van der Waals surface area contributed by atoms with Crippen LogP contribution >= 0.6 is 22.9 Å². The predicted octanol–water partition coefficient (Wildman–Crippen LogP) is 5.33. The van der Waals surface area contributed by atoms with Crippen molar-refractivity contribution >= 4 is 44.0 Å². The van der Waals surface area contributed by atoms with E-state index < -0.39 is 0 Å². The van der Waals surface area contributed by atoms with E-state index in [1.165, 1.54) is 0 Å². The quantitative estimate of drug-likeness (QED) is 0.376. The highest BCUT2D eigenvalue weighted by Gasteiger charge is 2.13. The van der Waals surface area contributed by atoms with Gasteiger partial charge in [0.1, 0.15) is 0 Å². The fourth-order valence-electron chi connectivity index (χ4n) is 3.58. The van der Waals surface area contributed by atoms with E-state index in [9.17, 15) is 4.79 Å². The number of nitrogens with one attached hydrogen (secondary N) is 1. The second-order valence-corrected chi connectivity index (χ2v) is 8.66. The molecule has 30 heavy (non-hydrogen) atoms. The lowest BCUT2D eigenvalue weighted by atomic mass is 10.2. The number of nitrogens with zero attached hydrogens (tertiary/aromatic N) is 3. The highest BCUT2D eigenvalue weighted by molar-refractivity contribution is 7.23. The van der Waals surface area contributed by atoms with E-state index in [4.69, 9.17) is 16.6 Å². The van der Waals surface area contributed by atoms with Crippen LogP contribution in [-0.4, -0.2) is 46.4 Å². The van der Waals surface area contributed by atoms with Gasteiger partial charge in [0, 0.05) is 28.9 Å². The maximum absolute atomic E-state index is 12.5. The molecule has 1 amide bonds. The molecular weight excluding hydrogens is 416 g/mol. The molecule has 1 N–H and O–H groups in total. The van der Waals surface area contributed by atoms with Gasteiger partial charge in [-0.1, -0.05) is 48.9 Å². The minimum absolute atomic E-state index is 0.0258. The molecule has 0 atom stereocenters. The van der Waals surface area contributed by atoms with Crippen LogP contribution in [0.15, 0.2) is 48.7 Å². The van der Waals surface area contributed by atoms with Crippen molar-refractivity contribution in [1.29, 1.82) is 0 Å². The maximum atomic E-state index is 12.5. The molecule has 0 aliphatic rings. The zero-order valence-electron chi connectivity index (χ0n) is 17.2. The lowest BCUT2D eigenvalue weighted by Gasteiger charge is -2.17. The monoisotopic (exact) mass is 440 g/mol. The summed E-state index contributed by atoms with van der Waals surface area (Å²) in [4.78, 5) is 20.5. The highest BCUT2D eigenvalue weighted by atomic mass is 35.5. The summed E-state index contributed by atoms with van der Waals surface area (Å²) in [6.07, 6.45) is 2.97. The first-order chi connectivity index (χ1) is 14.6. The Balaban J connectivity index is 1.48. The Morgan fingerprint density at radius 3 is 2.80 bits per heavy atom. The van der Waals surface area contributed by atoms with Crippen molar-refractivity contribution in [1.82, 2.24) is 19.6 Å². The lowest BCUT2D eigenvalue weighted by Crippen LogP contribution is -2.29. The largest absolute Gasteiger partial charge is 0.352 e. The third-order valence-electron chi connectivity index (χ3n) is 5.31. The van der Waals surface area contributed by atoms with Gasteiger partial charge in [0.05, 0.1) is 15.9 Å². The Kier molecular flexibility index (Phi) is 6.37. The molecule has 0 bridgehead atoms. The number of fused-ring (bicyclic) bond motifs is 3. The number of halogens is 1. The summed E-state index contributed by atoms with van der Waals surface area (Å²) in [5, 5.41) is 3.73. The zero-order valence-corrected chi connectivity index (χ0v) is 18.8. The van der Waals surface area contributed by atoms with Crippen molar-refractivity contribution in [2.24, 2.45) is 0 Å². The van der Waals surface area contributed by atoms with E-state index in [0.717, 1.165) is 52.5 Å². The van der Waals surface area contributed by atoms with Crippen molar-refractivity contribution in [2.75, 3.05) is 26.2 Å². The molecule has 0 saturated heterocycles. The molecule has 4 rings (SSSR count). The van der Waals surface area contributed by atoms with Crippen molar-refractivity contribution in [3.05, 3.63) is 59.2 Å². The fourth-order valence-corrected chi connectivity index (χ4v) is 4.81. The number of hydrogen-bond donors (Lipinski definition) is 1. The van der Waals surface area contributed by atoms with Crippen molar-refractivity contribution < 1.29 is 4.79 Å². The highest BCUT2D eigenvalue weighted by Crippen LogP contribution is 2.30. The lowest BCUT2D eigenvalue weighted by molar-refractivity contribution is 0.0952. The van der Waals surface area contributed by atoms with E-state index >= 15 is 0 Å². The number of benzene rings is 2. The zero-order chi connectivity index (χ0) is 21.1. The summed E-state index contributed by atoms with van der Waals surface area (Å²) < 4.78 is 3.12. The first-order valence-electron chi connectivity index (χ1n) is 10.3. The maximum Gasteiger partial charge on any atom is 0.251 e. The molecule has 2 aromatic carbocycles. The molecule has 0 fully saturated rings. The van der Waals surface area contributed by atoms with Crippen LogP contribution in [0.3, 0.4) is 0 Å². The first kappa shape index (κ1) is 20.8. The van der Waals surface area contributed by atoms with Crippen LogP contribution in [0.25, 0.3) is 26.4 Å². The fraction of sp³-hybridized carbons (Fsp3) is 0.304. The number of aromatic nitrogens is 2. The number of thiazole rings is 1. The molecule has 0 unspecified atom stereocenters. The van der Waals surface area contributed by atoms with E-state index in [1.54, 1.807) is 11.3 Å². The van der Waals surface area contributed by atoms with Crippen LogP contribution in [0, 0.1) is 0 Å². The smallest absolute Gasteiger partial charge is 0.251 e. The summed E-state index contributed by atoms with van der Waals surface area (Å²) in [5.41, 5.74) is 3.62. The summed E-state index contributed by atoms with van der Waals surface area (Å²) in [7, 11) is 0. The van der Waals surface area contributed by atoms with E-state index in [1.807, 2.05) is 48.7 Å². The standard InChI is InChI=1S/C23H25ClN4OS/c1-3-27(4-2)12-6-11-25-22(29)17-9-10-20-21(14-17)30-23-26-19(15-28(20)23)16-7-5-8-18(24)13-16/h5,7-10,13-15H,3-4,6,11-12H2,1-2H3,(H,25,29). The van der Waals surface area contributed by atoms with Crippen LogP contribution in [0.5, 0.6) is 0 Å². The number of hydrogen-bond acceptors (Lipinski definition) is 4. The van der Waals surface area contributed by atoms with E-state index in [0.29, 0.717) is 17.1 Å². The van der Waals surface area contributed by atoms with E-state index in [-0.39, 0.29) is 5.91 Å². The summed E-state index contributed by atoms with van der Waals surface area (Å²) in [5.74, 6) is -0.0258. The molecule has 0 aliphatic heterocycles. The van der Waals surface area contributed by atoms with Gasteiger partial charge in [0.2, 0.25) is 0 Å². The predicted molar refractivity (Wildman–Crippen MR) is 126 cm³/mol. The minimum Gasteiger partial charge on any atom is -0.352 e. The Hall–Kier alpha value is -2.41. The Bertz CT molecular complexity index is 1180. The van der Waals surface area contributed by atoms with Gasteiger partial charge in [0.15, 0.2) is 4.96 Å². The van der Waals surface area contributed by atoms with Gasteiger partial charge in [-0.15, -0.1) is 0 Å². The average molecular weight is 441 g/mol. The molecule has 4 aromatic rings. The van der Waals surface area contributed by atoms with Gasteiger partial charge in [-0.25, -0.2) is 4.98 Å². The molecule has 156 valence electrons. The van der Waals surface area contributed by atoms with Crippen LogP contribution in [0.1, 0.15) is 30.6 Å². The molecule has 0 spiro atoms. The molecule has 5 nitrogen and oxygen atoms in total. The third-order valence-corrected chi connectivity index (χ3v) is 6.56. The number of carbonyl (C=O) groups excluding carboxylic acids is 1. The van der Waals surface area contributed by atoms with Gasteiger partial charge >= 0.3 is 0 Å². The average Bonchev–Trinajstić information content (AvgIpc) is 3.31. The van der Waals surface area contributed by atoms with Crippen molar-refractivity contribution in [3.8, 4) is 11.3 Å². The second kappa shape index (κ2) is 9.16. The summed E-state index contributed by atoms with van der Waals surface area (Å²) in [6, 6.07) is 13.5. The molecule has 2 heterocycles. The molecule has 0 aliphatic carbocycles. The molecule has 0 radical (unpaired) electrons. The van der Waals surface area contributed by atoms with Gasteiger partial charge in [-0.05, 0) is 56.4 Å².